The molecule has 0 fully saturated rings. The molecule has 0 atom stereocenters. The monoisotopic (exact) mass is 176 g/mol. The number of aryl methyl sites for hydroxylation is 2. The van der Waals surface area contributed by atoms with Crippen LogP contribution in [0.4, 0.5) is 0 Å². The van der Waals surface area contributed by atoms with Crippen molar-refractivity contribution in [2.45, 2.75) is 19.3 Å². The number of rotatable bonds is 2. The first kappa shape index (κ1) is 8.30. The van der Waals surface area contributed by atoms with Crippen LogP contribution in [0.1, 0.15) is 27.9 Å². The van der Waals surface area contributed by atoms with Gasteiger partial charge in [-0.1, -0.05) is 0 Å². The van der Waals surface area contributed by atoms with Gasteiger partial charge >= 0.3 is 0 Å². The Bertz CT molecular complexity index is 342. The number of hydrogen-bond acceptors (Lipinski definition) is 2. The van der Waals surface area contributed by atoms with Crippen LogP contribution in [0.2, 0.25) is 0 Å². The normalized spacial score (nSPS) is 13.9. The standard InChI is InChI=1S/C11H12O2/c1-13-11-6-9-4-2-3-8(9)5-10(11)7-12/h5-7H,2-4H2,1H3. The summed E-state index contributed by atoms with van der Waals surface area (Å²) in [6.07, 6.45) is 4.27. The van der Waals surface area contributed by atoms with Gasteiger partial charge in [0.2, 0.25) is 0 Å². The fourth-order valence-corrected chi connectivity index (χ4v) is 1.89. The highest BCUT2D eigenvalue weighted by Crippen LogP contribution is 2.28. The van der Waals surface area contributed by atoms with Crippen LogP contribution in [0, 0.1) is 0 Å². The lowest BCUT2D eigenvalue weighted by Crippen LogP contribution is -1.93. The Balaban J connectivity index is 2.53. The second-order valence-electron chi connectivity index (χ2n) is 3.33. The van der Waals surface area contributed by atoms with Crippen molar-refractivity contribution in [3.05, 3.63) is 28.8 Å². The summed E-state index contributed by atoms with van der Waals surface area (Å²) in [5, 5.41) is 0. The topological polar surface area (TPSA) is 26.3 Å². The summed E-state index contributed by atoms with van der Waals surface area (Å²) in [7, 11) is 1.60. The summed E-state index contributed by atoms with van der Waals surface area (Å²) in [6.45, 7) is 0. The molecule has 2 heteroatoms. The maximum absolute atomic E-state index is 10.7. The van der Waals surface area contributed by atoms with Gasteiger partial charge in [-0.3, -0.25) is 4.79 Å². The van der Waals surface area contributed by atoms with Crippen LogP contribution in [0.15, 0.2) is 12.1 Å². The molecule has 1 aromatic rings. The summed E-state index contributed by atoms with van der Waals surface area (Å²) >= 11 is 0. The number of methoxy groups -OCH3 is 1. The highest BCUT2D eigenvalue weighted by Gasteiger charge is 2.14. The van der Waals surface area contributed by atoms with E-state index in [1.807, 2.05) is 12.1 Å². The fourth-order valence-electron chi connectivity index (χ4n) is 1.89. The molecular formula is C11H12O2. The predicted octanol–water partition coefficient (Wildman–Crippen LogP) is 2.00. The molecule has 0 spiro atoms. The summed E-state index contributed by atoms with van der Waals surface area (Å²) in [6, 6.07) is 3.94. The van der Waals surface area contributed by atoms with Crippen molar-refractivity contribution >= 4 is 6.29 Å². The summed E-state index contributed by atoms with van der Waals surface area (Å²) < 4.78 is 5.13. The van der Waals surface area contributed by atoms with E-state index in [-0.39, 0.29) is 0 Å². The Morgan fingerprint density at radius 3 is 2.62 bits per heavy atom. The lowest BCUT2D eigenvalue weighted by Gasteiger charge is -2.06. The molecule has 0 aromatic heterocycles. The summed E-state index contributed by atoms with van der Waals surface area (Å²) in [4.78, 5) is 10.7. The molecule has 1 aromatic carbocycles. The van der Waals surface area contributed by atoms with E-state index in [9.17, 15) is 4.79 Å². The van der Waals surface area contributed by atoms with Gasteiger partial charge in [0.25, 0.3) is 0 Å². The molecular weight excluding hydrogens is 164 g/mol. The first-order valence-electron chi connectivity index (χ1n) is 4.50. The third kappa shape index (κ3) is 1.32. The molecule has 1 aliphatic rings. The molecule has 2 rings (SSSR count). The van der Waals surface area contributed by atoms with Gasteiger partial charge in [0, 0.05) is 0 Å². The van der Waals surface area contributed by atoms with E-state index in [0.29, 0.717) is 11.3 Å². The third-order valence-electron chi connectivity index (χ3n) is 2.57. The quantitative estimate of drug-likeness (QED) is 0.644. The van der Waals surface area contributed by atoms with Crippen LogP contribution in [0.3, 0.4) is 0 Å². The highest BCUT2D eigenvalue weighted by atomic mass is 16.5. The second-order valence-corrected chi connectivity index (χ2v) is 3.33. The Labute approximate surface area is 77.5 Å². The number of hydrogen-bond donors (Lipinski definition) is 0. The van der Waals surface area contributed by atoms with Gasteiger partial charge in [0.05, 0.1) is 12.7 Å². The molecule has 0 radical (unpaired) electrons. The number of carbonyl (C=O) groups is 1. The van der Waals surface area contributed by atoms with Crippen molar-refractivity contribution < 1.29 is 9.53 Å². The maximum Gasteiger partial charge on any atom is 0.153 e. The first-order chi connectivity index (χ1) is 6.35. The summed E-state index contributed by atoms with van der Waals surface area (Å²) in [5.41, 5.74) is 3.31. The van der Waals surface area contributed by atoms with Crippen LogP contribution in [-0.4, -0.2) is 13.4 Å². The van der Waals surface area contributed by atoms with Crippen molar-refractivity contribution in [2.75, 3.05) is 7.11 Å². The zero-order valence-electron chi connectivity index (χ0n) is 7.67. The lowest BCUT2D eigenvalue weighted by atomic mass is 10.1. The molecule has 0 amide bonds. The van der Waals surface area contributed by atoms with Crippen molar-refractivity contribution in [2.24, 2.45) is 0 Å². The van der Waals surface area contributed by atoms with E-state index in [1.165, 1.54) is 17.5 Å². The van der Waals surface area contributed by atoms with Crippen LogP contribution < -0.4 is 4.74 Å². The van der Waals surface area contributed by atoms with E-state index >= 15 is 0 Å². The van der Waals surface area contributed by atoms with E-state index in [0.717, 1.165) is 19.1 Å². The van der Waals surface area contributed by atoms with Gasteiger partial charge in [-0.25, -0.2) is 0 Å². The van der Waals surface area contributed by atoms with Crippen LogP contribution in [-0.2, 0) is 12.8 Å². The Morgan fingerprint density at radius 1 is 1.31 bits per heavy atom. The molecule has 0 unspecified atom stereocenters. The summed E-state index contributed by atoms with van der Waals surface area (Å²) in [5.74, 6) is 0.704. The first-order valence-corrected chi connectivity index (χ1v) is 4.50. The SMILES string of the molecule is COc1cc2c(cc1C=O)CCC2. The number of carbonyl (C=O) groups excluding carboxylic acids is 1. The number of fused-ring (bicyclic) bond motifs is 1. The van der Waals surface area contributed by atoms with Gasteiger partial charge in [0.15, 0.2) is 6.29 Å². The molecule has 0 heterocycles. The third-order valence-corrected chi connectivity index (χ3v) is 2.57. The molecule has 0 N–H and O–H groups in total. The largest absolute Gasteiger partial charge is 0.496 e. The number of aldehydes is 1. The van der Waals surface area contributed by atoms with Crippen molar-refractivity contribution in [1.82, 2.24) is 0 Å². The van der Waals surface area contributed by atoms with Crippen molar-refractivity contribution in [3.8, 4) is 5.75 Å². The molecule has 1 aliphatic carbocycles. The minimum absolute atomic E-state index is 0.670. The lowest BCUT2D eigenvalue weighted by molar-refractivity contribution is 0.112. The fraction of sp³-hybridized carbons (Fsp3) is 0.364. The van der Waals surface area contributed by atoms with Gasteiger partial charge in [0.1, 0.15) is 5.75 Å². The average Bonchev–Trinajstić information content (AvgIpc) is 2.62. The van der Waals surface area contributed by atoms with Crippen LogP contribution in [0.5, 0.6) is 5.75 Å². The molecule has 0 saturated carbocycles. The highest BCUT2D eigenvalue weighted by molar-refractivity contribution is 5.80. The zero-order valence-corrected chi connectivity index (χ0v) is 7.67. The van der Waals surface area contributed by atoms with Gasteiger partial charge in [-0.05, 0) is 42.5 Å². The van der Waals surface area contributed by atoms with E-state index < -0.39 is 0 Å². The van der Waals surface area contributed by atoms with E-state index in [2.05, 4.69) is 0 Å². The predicted molar refractivity (Wildman–Crippen MR) is 50.4 cm³/mol. The molecule has 0 aliphatic heterocycles. The number of ether oxygens (including phenoxy) is 1. The van der Waals surface area contributed by atoms with Crippen LogP contribution >= 0.6 is 0 Å². The Morgan fingerprint density at radius 2 is 2.00 bits per heavy atom. The van der Waals surface area contributed by atoms with Gasteiger partial charge in [-0.2, -0.15) is 0 Å². The number of benzene rings is 1. The van der Waals surface area contributed by atoms with Crippen LogP contribution in [0.25, 0.3) is 0 Å². The average molecular weight is 176 g/mol. The second kappa shape index (κ2) is 3.21. The minimum Gasteiger partial charge on any atom is -0.496 e. The smallest absolute Gasteiger partial charge is 0.153 e. The van der Waals surface area contributed by atoms with Crippen molar-refractivity contribution in [3.63, 3.8) is 0 Å². The molecule has 2 nitrogen and oxygen atoms in total. The Hall–Kier alpha value is -1.31. The molecule has 13 heavy (non-hydrogen) atoms. The maximum atomic E-state index is 10.7. The minimum atomic E-state index is 0.670. The van der Waals surface area contributed by atoms with E-state index in [1.54, 1.807) is 7.11 Å². The zero-order chi connectivity index (χ0) is 9.26. The Kier molecular flexibility index (Phi) is 2.05. The molecule has 68 valence electrons. The van der Waals surface area contributed by atoms with Gasteiger partial charge < -0.3 is 4.74 Å². The molecule has 0 saturated heterocycles. The van der Waals surface area contributed by atoms with E-state index in [4.69, 9.17) is 4.74 Å². The van der Waals surface area contributed by atoms with Crippen molar-refractivity contribution in [1.29, 1.82) is 0 Å². The van der Waals surface area contributed by atoms with Gasteiger partial charge in [-0.15, -0.1) is 0 Å². The molecule has 0 bridgehead atoms.